The first-order chi connectivity index (χ1) is 10.1. The summed E-state index contributed by atoms with van der Waals surface area (Å²) in [4.78, 5) is 25.3. The molecule has 2 aliphatic rings. The summed E-state index contributed by atoms with van der Waals surface area (Å²) >= 11 is 0. The van der Waals surface area contributed by atoms with E-state index in [9.17, 15) is 14.0 Å². The van der Waals surface area contributed by atoms with Gasteiger partial charge in [-0.25, -0.2) is 4.39 Å². The number of fused-ring (bicyclic) bond motifs is 1. The molecule has 5 nitrogen and oxygen atoms in total. The van der Waals surface area contributed by atoms with Crippen molar-refractivity contribution in [2.75, 3.05) is 13.7 Å². The number of carbonyl (C=O) groups is 2. The van der Waals surface area contributed by atoms with E-state index in [1.165, 1.54) is 17.0 Å². The van der Waals surface area contributed by atoms with Crippen molar-refractivity contribution in [3.8, 4) is 5.75 Å². The zero-order chi connectivity index (χ0) is 15.0. The van der Waals surface area contributed by atoms with Crippen LogP contribution in [0.2, 0.25) is 0 Å². The molecule has 3 rings (SSSR count). The molecule has 2 unspecified atom stereocenters. The summed E-state index contributed by atoms with van der Waals surface area (Å²) in [7, 11) is 1.64. The Labute approximate surface area is 122 Å². The SMILES string of the molecule is CN1C(=O)CCC1C(=O)NC1CCOc2ccc(F)cc21. The van der Waals surface area contributed by atoms with Crippen molar-refractivity contribution in [3.63, 3.8) is 0 Å². The van der Waals surface area contributed by atoms with Gasteiger partial charge in [-0.15, -0.1) is 0 Å². The first kappa shape index (κ1) is 13.9. The van der Waals surface area contributed by atoms with Gasteiger partial charge >= 0.3 is 0 Å². The van der Waals surface area contributed by atoms with E-state index in [1.54, 1.807) is 13.1 Å². The molecule has 2 amide bonds. The Hall–Kier alpha value is -2.11. The molecule has 0 spiro atoms. The van der Waals surface area contributed by atoms with Gasteiger partial charge in [-0.3, -0.25) is 9.59 Å². The van der Waals surface area contributed by atoms with Crippen LogP contribution in [0, 0.1) is 5.82 Å². The number of nitrogens with zero attached hydrogens (tertiary/aromatic N) is 1. The second-order valence-electron chi connectivity index (χ2n) is 5.44. The quantitative estimate of drug-likeness (QED) is 0.896. The lowest BCUT2D eigenvalue weighted by Crippen LogP contribution is -2.44. The van der Waals surface area contributed by atoms with Crippen LogP contribution in [0.3, 0.4) is 0 Å². The molecule has 0 aliphatic carbocycles. The molecular weight excluding hydrogens is 275 g/mol. The maximum Gasteiger partial charge on any atom is 0.243 e. The maximum atomic E-state index is 13.4. The number of likely N-dealkylation sites (tertiary alicyclic amines) is 1. The number of carbonyl (C=O) groups excluding carboxylic acids is 2. The van der Waals surface area contributed by atoms with Crippen molar-refractivity contribution >= 4 is 11.8 Å². The van der Waals surface area contributed by atoms with Gasteiger partial charge in [-0.2, -0.15) is 0 Å². The molecule has 0 bridgehead atoms. The molecule has 1 saturated heterocycles. The maximum absolute atomic E-state index is 13.4. The summed E-state index contributed by atoms with van der Waals surface area (Å²) in [5.74, 6) is 0.0366. The third kappa shape index (κ3) is 2.57. The third-order valence-corrected chi connectivity index (χ3v) is 4.12. The van der Waals surface area contributed by atoms with Crippen molar-refractivity contribution < 1.29 is 18.7 Å². The Kier molecular flexibility index (Phi) is 3.53. The van der Waals surface area contributed by atoms with Gasteiger partial charge in [0.1, 0.15) is 17.6 Å². The molecule has 0 aromatic heterocycles. The summed E-state index contributed by atoms with van der Waals surface area (Å²) in [6.07, 6.45) is 1.51. The summed E-state index contributed by atoms with van der Waals surface area (Å²) in [6.45, 7) is 0.475. The van der Waals surface area contributed by atoms with Crippen LogP contribution >= 0.6 is 0 Å². The molecule has 1 fully saturated rings. The second kappa shape index (κ2) is 5.35. The Morgan fingerprint density at radius 1 is 1.43 bits per heavy atom. The van der Waals surface area contributed by atoms with Crippen molar-refractivity contribution in [2.24, 2.45) is 0 Å². The average molecular weight is 292 g/mol. The molecule has 2 atom stereocenters. The van der Waals surface area contributed by atoms with Gasteiger partial charge in [-0.05, 0) is 24.6 Å². The Balaban J connectivity index is 1.76. The standard InChI is InChI=1S/C15H17FN2O3/c1-18-12(3-5-14(18)19)15(20)17-11-6-7-21-13-4-2-9(16)8-10(11)13/h2,4,8,11-12H,3,5-7H2,1H3,(H,17,20). The van der Waals surface area contributed by atoms with Crippen LogP contribution in [0.5, 0.6) is 5.75 Å². The van der Waals surface area contributed by atoms with Crippen molar-refractivity contribution in [2.45, 2.75) is 31.3 Å². The van der Waals surface area contributed by atoms with Gasteiger partial charge in [-0.1, -0.05) is 0 Å². The van der Waals surface area contributed by atoms with Crippen LogP contribution in [-0.4, -0.2) is 36.4 Å². The normalized spacial score (nSPS) is 24.5. The van der Waals surface area contributed by atoms with Crippen molar-refractivity contribution in [3.05, 3.63) is 29.6 Å². The first-order valence-electron chi connectivity index (χ1n) is 7.04. The highest BCUT2D eigenvalue weighted by atomic mass is 19.1. The average Bonchev–Trinajstić information content (AvgIpc) is 2.80. The smallest absolute Gasteiger partial charge is 0.243 e. The number of hydrogen-bond acceptors (Lipinski definition) is 3. The summed E-state index contributed by atoms with van der Waals surface area (Å²) in [6, 6.07) is 3.60. The molecule has 0 saturated carbocycles. The van der Waals surface area contributed by atoms with Crippen LogP contribution in [0.4, 0.5) is 4.39 Å². The summed E-state index contributed by atoms with van der Waals surface area (Å²) in [5, 5.41) is 2.92. The molecule has 6 heteroatoms. The third-order valence-electron chi connectivity index (χ3n) is 4.12. The lowest BCUT2D eigenvalue weighted by atomic mass is 10.00. The minimum Gasteiger partial charge on any atom is -0.493 e. The van der Waals surface area contributed by atoms with Gasteiger partial charge in [0.05, 0.1) is 12.6 Å². The number of halogens is 1. The molecule has 2 aliphatic heterocycles. The van der Waals surface area contributed by atoms with E-state index in [4.69, 9.17) is 4.74 Å². The summed E-state index contributed by atoms with van der Waals surface area (Å²) < 4.78 is 18.9. The lowest BCUT2D eigenvalue weighted by Gasteiger charge is -2.28. The van der Waals surface area contributed by atoms with E-state index in [0.717, 1.165) is 0 Å². The minimum atomic E-state index is -0.433. The van der Waals surface area contributed by atoms with Crippen LogP contribution in [0.25, 0.3) is 0 Å². The van der Waals surface area contributed by atoms with Gasteiger partial charge in [0, 0.05) is 25.5 Å². The van der Waals surface area contributed by atoms with Crippen LogP contribution in [-0.2, 0) is 9.59 Å². The predicted octanol–water partition coefficient (Wildman–Crippen LogP) is 1.39. The minimum absolute atomic E-state index is 0.0198. The van der Waals surface area contributed by atoms with Gasteiger partial charge in [0.2, 0.25) is 11.8 Å². The number of nitrogens with one attached hydrogen (secondary N) is 1. The number of likely N-dealkylation sites (N-methyl/N-ethyl adjacent to an activating group) is 1. The number of ether oxygens (including phenoxy) is 1. The fraction of sp³-hybridized carbons (Fsp3) is 0.467. The Morgan fingerprint density at radius 2 is 2.24 bits per heavy atom. The number of benzene rings is 1. The molecule has 1 N–H and O–H groups in total. The highest BCUT2D eigenvalue weighted by molar-refractivity contribution is 5.90. The van der Waals surface area contributed by atoms with Gasteiger partial charge in [0.15, 0.2) is 0 Å². The van der Waals surface area contributed by atoms with E-state index in [-0.39, 0.29) is 23.7 Å². The molecular formula is C15H17FN2O3. The lowest BCUT2D eigenvalue weighted by molar-refractivity contribution is -0.134. The second-order valence-corrected chi connectivity index (χ2v) is 5.44. The van der Waals surface area contributed by atoms with E-state index < -0.39 is 6.04 Å². The Morgan fingerprint density at radius 3 is 2.95 bits per heavy atom. The van der Waals surface area contributed by atoms with Crippen LogP contribution < -0.4 is 10.1 Å². The van der Waals surface area contributed by atoms with E-state index in [1.807, 2.05) is 0 Å². The highest BCUT2D eigenvalue weighted by Gasteiger charge is 2.35. The Bertz CT molecular complexity index is 590. The monoisotopic (exact) mass is 292 g/mol. The van der Waals surface area contributed by atoms with E-state index in [0.29, 0.717) is 37.2 Å². The van der Waals surface area contributed by atoms with Crippen molar-refractivity contribution in [1.29, 1.82) is 0 Å². The number of amides is 2. The van der Waals surface area contributed by atoms with Crippen molar-refractivity contribution in [1.82, 2.24) is 10.2 Å². The van der Waals surface area contributed by atoms with Crippen LogP contribution in [0.15, 0.2) is 18.2 Å². The zero-order valence-corrected chi connectivity index (χ0v) is 11.8. The molecule has 112 valence electrons. The fourth-order valence-electron chi connectivity index (χ4n) is 2.89. The molecule has 1 aromatic carbocycles. The number of rotatable bonds is 2. The molecule has 2 heterocycles. The highest BCUT2D eigenvalue weighted by Crippen LogP contribution is 2.32. The first-order valence-corrected chi connectivity index (χ1v) is 7.04. The molecule has 0 radical (unpaired) electrons. The largest absolute Gasteiger partial charge is 0.493 e. The molecule has 21 heavy (non-hydrogen) atoms. The number of hydrogen-bond donors (Lipinski definition) is 1. The van der Waals surface area contributed by atoms with Crippen LogP contribution in [0.1, 0.15) is 30.9 Å². The van der Waals surface area contributed by atoms with E-state index >= 15 is 0 Å². The van der Waals surface area contributed by atoms with Gasteiger partial charge in [0.25, 0.3) is 0 Å². The zero-order valence-electron chi connectivity index (χ0n) is 11.8. The fourth-order valence-corrected chi connectivity index (χ4v) is 2.89. The van der Waals surface area contributed by atoms with Gasteiger partial charge < -0.3 is 15.0 Å². The molecule has 1 aromatic rings. The topological polar surface area (TPSA) is 58.6 Å². The summed E-state index contributed by atoms with van der Waals surface area (Å²) in [5.41, 5.74) is 0.654. The van der Waals surface area contributed by atoms with E-state index in [2.05, 4.69) is 5.32 Å². The predicted molar refractivity (Wildman–Crippen MR) is 73.2 cm³/mol.